The lowest BCUT2D eigenvalue weighted by Gasteiger charge is -2.32. The van der Waals surface area contributed by atoms with Crippen molar-refractivity contribution in [3.8, 4) is 11.3 Å². The van der Waals surface area contributed by atoms with E-state index in [2.05, 4.69) is 41.5 Å². The van der Waals surface area contributed by atoms with E-state index in [0.29, 0.717) is 12.2 Å². The quantitative estimate of drug-likeness (QED) is 0.511. The number of nitrogens with zero attached hydrogens (tertiary/aromatic N) is 4. The van der Waals surface area contributed by atoms with Gasteiger partial charge < -0.3 is 14.9 Å². The first kappa shape index (κ1) is 21.3. The number of nitrogens with two attached hydrogens (primary N) is 1. The van der Waals surface area contributed by atoms with Crippen molar-refractivity contribution in [1.29, 1.82) is 0 Å². The van der Waals surface area contributed by atoms with Gasteiger partial charge in [0.25, 0.3) is 0 Å². The Morgan fingerprint density at radius 2 is 1.97 bits per heavy atom. The zero-order valence-corrected chi connectivity index (χ0v) is 18.9. The number of primary amides is 1. The van der Waals surface area contributed by atoms with Gasteiger partial charge >= 0.3 is 0 Å². The number of pyridine rings is 2. The molecule has 33 heavy (non-hydrogen) atoms. The molecule has 0 radical (unpaired) electrons. The highest BCUT2D eigenvalue weighted by Crippen LogP contribution is 2.26. The second-order valence-corrected chi connectivity index (χ2v) is 8.56. The number of benzene rings is 1. The van der Waals surface area contributed by atoms with Gasteiger partial charge in [-0.05, 0) is 55.8 Å². The Morgan fingerprint density at radius 3 is 2.82 bits per heavy atom. The highest BCUT2D eigenvalue weighted by molar-refractivity contribution is 5.94. The predicted octanol–water partition coefficient (Wildman–Crippen LogP) is 3.69. The number of rotatable bonds is 5. The first-order valence-corrected chi connectivity index (χ1v) is 11.1. The highest BCUT2D eigenvalue weighted by Gasteiger charge is 2.25. The van der Waals surface area contributed by atoms with Crippen molar-refractivity contribution in [2.75, 3.05) is 19.7 Å². The van der Waals surface area contributed by atoms with Gasteiger partial charge in [-0.25, -0.2) is 4.98 Å². The van der Waals surface area contributed by atoms with Crippen LogP contribution in [-0.2, 0) is 11.3 Å². The van der Waals surface area contributed by atoms with E-state index in [1.165, 1.54) is 11.3 Å². The van der Waals surface area contributed by atoms with Crippen LogP contribution in [0.1, 0.15) is 39.1 Å². The Bertz CT molecular complexity index is 1330. The molecule has 1 aliphatic rings. The van der Waals surface area contributed by atoms with Crippen LogP contribution in [0.15, 0.2) is 60.8 Å². The van der Waals surface area contributed by atoms with Crippen LogP contribution < -0.4 is 5.73 Å². The summed E-state index contributed by atoms with van der Waals surface area (Å²) in [4.78, 5) is 23.5. The van der Waals surface area contributed by atoms with Crippen molar-refractivity contribution in [2.45, 2.75) is 26.5 Å². The van der Waals surface area contributed by atoms with E-state index >= 15 is 0 Å². The molecule has 0 saturated carbocycles. The summed E-state index contributed by atoms with van der Waals surface area (Å²) in [5.41, 5.74) is 12.9. The minimum absolute atomic E-state index is 0.125. The summed E-state index contributed by atoms with van der Waals surface area (Å²) in [7, 11) is 0. The van der Waals surface area contributed by atoms with Gasteiger partial charge in [-0.2, -0.15) is 0 Å². The van der Waals surface area contributed by atoms with E-state index in [-0.39, 0.29) is 6.10 Å². The van der Waals surface area contributed by atoms with Crippen molar-refractivity contribution in [2.24, 2.45) is 5.73 Å². The summed E-state index contributed by atoms with van der Waals surface area (Å²) in [5, 5.41) is 0. The number of imidazole rings is 1. The SMILES string of the molecule is Cc1ccn2c(CN3CCO[C@@H](c4cccc(-c5cccc(C(N)=O)c5)n4)C3)c(C)nc2c1. The number of carbonyl (C=O) groups is 1. The third-order valence-electron chi connectivity index (χ3n) is 6.15. The maximum absolute atomic E-state index is 11.6. The van der Waals surface area contributed by atoms with E-state index < -0.39 is 5.91 Å². The summed E-state index contributed by atoms with van der Waals surface area (Å²) in [6.45, 7) is 7.20. The van der Waals surface area contributed by atoms with Crippen molar-refractivity contribution in [3.63, 3.8) is 0 Å². The Kier molecular flexibility index (Phi) is 5.66. The van der Waals surface area contributed by atoms with Crippen LogP contribution in [0.25, 0.3) is 16.9 Å². The first-order chi connectivity index (χ1) is 16.0. The van der Waals surface area contributed by atoms with E-state index in [0.717, 1.165) is 47.9 Å². The molecule has 0 unspecified atom stereocenters. The number of hydrogen-bond donors (Lipinski definition) is 1. The van der Waals surface area contributed by atoms with Gasteiger partial charge in [0, 0.05) is 37.0 Å². The number of aryl methyl sites for hydroxylation is 2. The zero-order valence-electron chi connectivity index (χ0n) is 18.9. The number of ether oxygens (including phenoxy) is 1. The van der Waals surface area contributed by atoms with E-state index in [9.17, 15) is 4.79 Å². The van der Waals surface area contributed by atoms with Gasteiger partial charge in [-0.3, -0.25) is 14.7 Å². The maximum atomic E-state index is 11.6. The molecule has 168 valence electrons. The van der Waals surface area contributed by atoms with Crippen LogP contribution in [0.4, 0.5) is 0 Å². The van der Waals surface area contributed by atoms with Crippen molar-refractivity contribution in [1.82, 2.24) is 19.3 Å². The molecule has 3 aromatic heterocycles. The molecule has 4 heterocycles. The molecule has 2 N–H and O–H groups in total. The molecular weight excluding hydrogens is 414 g/mol. The lowest BCUT2D eigenvalue weighted by atomic mass is 10.1. The minimum Gasteiger partial charge on any atom is -0.369 e. The molecule has 0 bridgehead atoms. The largest absolute Gasteiger partial charge is 0.369 e. The van der Waals surface area contributed by atoms with Gasteiger partial charge in [-0.1, -0.05) is 18.2 Å². The average molecular weight is 442 g/mol. The van der Waals surface area contributed by atoms with Crippen molar-refractivity contribution >= 4 is 11.6 Å². The van der Waals surface area contributed by atoms with Crippen LogP contribution in [-0.4, -0.2) is 44.9 Å². The average Bonchev–Trinajstić information content (AvgIpc) is 3.13. The molecule has 0 aliphatic carbocycles. The van der Waals surface area contributed by atoms with Crippen LogP contribution in [0.5, 0.6) is 0 Å². The number of hydrogen-bond acceptors (Lipinski definition) is 5. The fraction of sp³-hybridized carbons (Fsp3) is 0.269. The summed E-state index contributed by atoms with van der Waals surface area (Å²) < 4.78 is 8.28. The van der Waals surface area contributed by atoms with Gasteiger partial charge in [0.15, 0.2) is 0 Å². The summed E-state index contributed by atoms with van der Waals surface area (Å²) >= 11 is 0. The van der Waals surface area contributed by atoms with E-state index in [1.807, 2.05) is 30.3 Å². The van der Waals surface area contributed by atoms with E-state index in [1.54, 1.807) is 12.1 Å². The first-order valence-electron chi connectivity index (χ1n) is 11.1. The molecule has 7 nitrogen and oxygen atoms in total. The standard InChI is InChI=1S/C26H27N5O2/c1-17-9-10-31-23(18(2)28-25(31)13-17)15-30-11-12-33-24(16-30)22-8-4-7-21(29-22)19-5-3-6-20(14-19)26(27)32/h3-10,13-14,24H,11-12,15-16H2,1-2H3,(H2,27,32)/t24-/m1/s1. The highest BCUT2D eigenvalue weighted by atomic mass is 16.5. The van der Waals surface area contributed by atoms with Crippen LogP contribution in [0.2, 0.25) is 0 Å². The van der Waals surface area contributed by atoms with Gasteiger partial charge in [-0.15, -0.1) is 0 Å². The fourth-order valence-electron chi connectivity index (χ4n) is 4.37. The summed E-state index contributed by atoms with van der Waals surface area (Å²) in [6.07, 6.45) is 1.98. The Labute approximate surface area is 192 Å². The molecular formula is C26H27N5O2. The van der Waals surface area contributed by atoms with Gasteiger partial charge in [0.2, 0.25) is 5.91 Å². The molecule has 1 aliphatic heterocycles. The molecule has 1 atom stereocenters. The number of fused-ring (bicyclic) bond motifs is 1. The number of amides is 1. The van der Waals surface area contributed by atoms with Crippen LogP contribution >= 0.6 is 0 Å². The third kappa shape index (κ3) is 4.37. The minimum atomic E-state index is -0.447. The molecule has 1 amide bonds. The van der Waals surface area contributed by atoms with Crippen LogP contribution in [0, 0.1) is 13.8 Å². The van der Waals surface area contributed by atoms with Crippen LogP contribution in [0.3, 0.4) is 0 Å². The predicted molar refractivity (Wildman–Crippen MR) is 127 cm³/mol. The number of morpholine rings is 1. The molecule has 7 heteroatoms. The second kappa shape index (κ2) is 8.77. The van der Waals surface area contributed by atoms with Crippen molar-refractivity contribution in [3.05, 3.63) is 89.0 Å². The summed E-state index contributed by atoms with van der Waals surface area (Å²) in [5.74, 6) is -0.447. The normalized spacial score (nSPS) is 16.8. The molecule has 5 rings (SSSR count). The maximum Gasteiger partial charge on any atom is 0.248 e. The van der Waals surface area contributed by atoms with Gasteiger partial charge in [0.1, 0.15) is 11.8 Å². The third-order valence-corrected chi connectivity index (χ3v) is 6.15. The second-order valence-electron chi connectivity index (χ2n) is 8.56. The summed E-state index contributed by atoms with van der Waals surface area (Å²) in [6, 6.07) is 17.4. The van der Waals surface area contributed by atoms with E-state index in [4.69, 9.17) is 20.4 Å². The van der Waals surface area contributed by atoms with Crippen molar-refractivity contribution < 1.29 is 9.53 Å². The molecule has 1 saturated heterocycles. The van der Waals surface area contributed by atoms with Gasteiger partial charge in [0.05, 0.1) is 29.4 Å². The zero-order chi connectivity index (χ0) is 22.9. The molecule has 1 aromatic carbocycles. The fourth-order valence-corrected chi connectivity index (χ4v) is 4.37. The lowest BCUT2D eigenvalue weighted by molar-refractivity contribution is -0.0354. The number of aromatic nitrogens is 3. The molecule has 4 aromatic rings. The number of carbonyl (C=O) groups excluding carboxylic acids is 1. The Balaban J connectivity index is 1.37. The molecule has 0 spiro atoms. The Hall–Kier alpha value is -3.55. The monoisotopic (exact) mass is 441 g/mol. The topological polar surface area (TPSA) is 85.8 Å². The molecule has 1 fully saturated rings. The smallest absolute Gasteiger partial charge is 0.248 e. The lowest BCUT2D eigenvalue weighted by Crippen LogP contribution is -2.38. The Morgan fingerprint density at radius 1 is 1.12 bits per heavy atom.